The fraction of sp³-hybridized carbons (Fsp3) is 0.333. The predicted octanol–water partition coefficient (Wildman–Crippen LogP) is 1.48. The third-order valence-corrected chi connectivity index (χ3v) is 4.26. The van der Waals surface area contributed by atoms with Crippen LogP contribution in [0.5, 0.6) is 11.5 Å². The van der Waals surface area contributed by atoms with Crippen LogP contribution in [0.25, 0.3) is 0 Å². The van der Waals surface area contributed by atoms with E-state index in [0.29, 0.717) is 50.0 Å². The lowest BCUT2D eigenvalue weighted by Crippen LogP contribution is -2.43. The lowest BCUT2D eigenvalue weighted by molar-refractivity contribution is -0.137. The Hall–Kier alpha value is -3.46. The molecule has 0 saturated carbocycles. The summed E-state index contributed by atoms with van der Waals surface area (Å²) in [4.78, 5) is 29.9. The van der Waals surface area contributed by atoms with Crippen LogP contribution in [0.2, 0.25) is 0 Å². The van der Waals surface area contributed by atoms with Gasteiger partial charge in [0.25, 0.3) is 11.8 Å². The maximum atomic E-state index is 12.3. The van der Waals surface area contributed by atoms with Crippen molar-refractivity contribution in [3.05, 3.63) is 53.9 Å². The molecule has 2 heterocycles. The maximum Gasteiger partial charge on any atom is 0.289 e. The topological polar surface area (TPSA) is 102 Å². The van der Waals surface area contributed by atoms with Crippen molar-refractivity contribution in [1.29, 1.82) is 0 Å². The van der Waals surface area contributed by atoms with Crippen molar-refractivity contribution >= 4 is 18.0 Å². The molecule has 0 atom stereocenters. The molecule has 9 heteroatoms. The SMILES string of the molecule is CCOc1cc(/C=N\NC(=O)c2ccccn2)ccc1OCC(=O)N1CCOCC1. The summed E-state index contributed by atoms with van der Waals surface area (Å²) in [7, 11) is 0. The fourth-order valence-corrected chi connectivity index (χ4v) is 2.76. The molecule has 3 rings (SSSR count). The van der Waals surface area contributed by atoms with Gasteiger partial charge in [-0.2, -0.15) is 5.10 Å². The first-order chi connectivity index (χ1) is 14.7. The number of hydrogen-bond donors (Lipinski definition) is 1. The molecule has 0 unspecified atom stereocenters. The maximum absolute atomic E-state index is 12.3. The van der Waals surface area contributed by atoms with Gasteiger partial charge in [0.1, 0.15) is 5.69 Å². The highest BCUT2D eigenvalue weighted by atomic mass is 16.5. The lowest BCUT2D eigenvalue weighted by atomic mass is 10.2. The number of ether oxygens (including phenoxy) is 3. The number of benzene rings is 1. The van der Waals surface area contributed by atoms with Gasteiger partial charge < -0.3 is 19.1 Å². The van der Waals surface area contributed by atoms with E-state index < -0.39 is 5.91 Å². The van der Waals surface area contributed by atoms with Gasteiger partial charge in [-0.25, -0.2) is 5.43 Å². The molecular formula is C21H24N4O5. The fourth-order valence-electron chi connectivity index (χ4n) is 2.76. The van der Waals surface area contributed by atoms with E-state index in [1.165, 1.54) is 12.4 Å². The van der Waals surface area contributed by atoms with Crippen molar-refractivity contribution in [3.63, 3.8) is 0 Å². The molecule has 1 aromatic heterocycles. The van der Waals surface area contributed by atoms with Gasteiger partial charge in [-0.1, -0.05) is 6.07 Å². The second-order valence-electron chi connectivity index (χ2n) is 6.34. The molecule has 0 bridgehead atoms. The van der Waals surface area contributed by atoms with Gasteiger partial charge in [0.15, 0.2) is 18.1 Å². The first-order valence-corrected chi connectivity index (χ1v) is 9.67. The van der Waals surface area contributed by atoms with Crippen LogP contribution >= 0.6 is 0 Å². The highest BCUT2D eigenvalue weighted by Gasteiger charge is 2.18. The Morgan fingerprint density at radius 1 is 1.20 bits per heavy atom. The van der Waals surface area contributed by atoms with Gasteiger partial charge in [-0.15, -0.1) is 0 Å². The Labute approximate surface area is 174 Å². The molecule has 1 fully saturated rings. The lowest BCUT2D eigenvalue weighted by Gasteiger charge is -2.26. The monoisotopic (exact) mass is 412 g/mol. The summed E-state index contributed by atoms with van der Waals surface area (Å²) in [5.74, 6) is 0.461. The number of nitrogens with one attached hydrogen (secondary N) is 1. The Morgan fingerprint density at radius 3 is 2.77 bits per heavy atom. The Balaban J connectivity index is 1.59. The minimum Gasteiger partial charge on any atom is -0.490 e. The van der Waals surface area contributed by atoms with Crippen molar-refractivity contribution < 1.29 is 23.8 Å². The number of amides is 2. The van der Waals surface area contributed by atoms with Crippen LogP contribution in [0, 0.1) is 0 Å². The summed E-state index contributed by atoms with van der Waals surface area (Å²) in [5, 5.41) is 3.95. The molecule has 1 saturated heterocycles. The minimum absolute atomic E-state index is 0.0758. The average molecular weight is 412 g/mol. The van der Waals surface area contributed by atoms with Crippen LogP contribution < -0.4 is 14.9 Å². The number of hydrogen-bond acceptors (Lipinski definition) is 7. The predicted molar refractivity (Wildman–Crippen MR) is 110 cm³/mol. The van der Waals surface area contributed by atoms with Crippen LogP contribution in [-0.2, 0) is 9.53 Å². The van der Waals surface area contributed by atoms with Crippen LogP contribution in [0.1, 0.15) is 23.0 Å². The summed E-state index contributed by atoms with van der Waals surface area (Å²) in [5.41, 5.74) is 3.40. The number of rotatable bonds is 8. The number of aromatic nitrogens is 1. The molecule has 158 valence electrons. The first-order valence-electron chi connectivity index (χ1n) is 9.67. The molecule has 1 aliphatic rings. The molecule has 1 aromatic carbocycles. The molecule has 2 aromatic rings. The van der Waals surface area contributed by atoms with E-state index >= 15 is 0 Å². The molecule has 9 nitrogen and oxygen atoms in total. The smallest absolute Gasteiger partial charge is 0.289 e. The zero-order chi connectivity index (χ0) is 21.2. The molecule has 1 aliphatic heterocycles. The largest absolute Gasteiger partial charge is 0.490 e. The summed E-state index contributed by atoms with van der Waals surface area (Å²) >= 11 is 0. The van der Waals surface area contributed by atoms with Crippen LogP contribution in [0.3, 0.4) is 0 Å². The third-order valence-electron chi connectivity index (χ3n) is 4.26. The molecule has 0 spiro atoms. The van der Waals surface area contributed by atoms with Gasteiger partial charge in [-0.05, 0) is 42.8 Å². The van der Waals surface area contributed by atoms with Gasteiger partial charge >= 0.3 is 0 Å². The number of hydrazone groups is 1. The van der Waals surface area contributed by atoms with Crippen LogP contribution in [-0.4, -0.2) is 67.4 Å². The van der Waals surface area contributed by atoms with Crippen molar-refractivity contribution in [3.8, 4) is 11.5 Å². The second-order valence-corrected chi connectivity index (χ2v) is 6.34. The van der Waals surface area contributed by atoms with Crippen molar-refractivity contribution in [2.24, 2.45) is 5.10 Å². The number of carbonyl (C=O) groups is 2. The summed E-state index contributed by atoms with van der Waals surface area (Å²) < 4.78 is 16.6. The van der Waals surface area contributed by atoms with E-state index in [0.717, 1.165) is 0 Å². The molecule has 2 amide bonds. The summed E-state index contributed by atoms with van der Waals surface area (Å²) in [6.07, 6.45) is 3.03. The summed E-state index contributed by atoms with van der Waals surface area (Å²) in [6.45, 7) is 4.44. The Kier molecular flexibility index (Phi) is 7.73. The van der Waals surface area contributed by atoms with E-state index in [1.54, 1.807) is 41.3 Å². The van der Waals surface area contributed by atoms with Gasteiger partial charge in [0, 0.05) is 19.3 Å². The van der Waals surface area contributed by atoms with Crippen LogP contribution in [0.4, 0.5) is 0 Å². The van der Waals surface area contributed by atoms with E-state index in [9.17, 15) is 9.59 Å². The van der Waals surface area contributed by atoms with Crippen molar-refractivity contribution in [2.75, 3.05) is 39.5 Å². The zero-order valence-electron chi connectivity index (χ0n) is 16.7. The normalized spacial score (nSPS) is 13.8. The molecular weight excluding hydrogens is 388 g/mol. The first kappa shape index (κ1) is 21.3. The Morgan fingerprint density at radius 2 is 2.03 bits per heavy atom. The number of nitrogens with zero attached hydrogens (tertiary/aromatic N) is 3. The Bertz CT molecular complexity index is 882. The minimum atomic E-state index is -0.404. The molecule has 1 N–H and O–H groups in total. The van der Waals surface area contributed by atoms with Crippen molar-refractivity contribution in [2.45, 2.75) is 6.92 Å². The molecule has 0 radical (unpaired) electrons. The van der Waals surface area contributed by atoms with E-state index in [1.807, 2.05) is 6.92 Å². The van der Waals surface area contributed by atoms with Gasteiger partial charge in [0.05, 0.1) is 26.0 Å². The van der Waals surface area contributed by atoms with E-state index in [4.69, 9.17) is 14.2 Å². The zero-order valence-corrected chi connectivity index (χ0v) is 16.7. The number of morpholine rings is 1. The van der Waals surface area contributed by atoms with Gasteiger partial charge in [-0.3, -0.25) is 14.6 Å². The average Bonchev–Trinajstić information content (AvgIpc) is 2.79. The van der Waals surface area contributed by atoms with E-state index in [2.05, 4.69) is 15.5 Å². The van der Waals surface area contributed by atoms with Gasteiger partial charge in [0.2, 0.25) is 0 Å². The molecule has 30 heavy (non-hydrogen) atoms. The number of pyridine rings is 1. The quantitative estimate of drug-likeness (QED) is 0.521. The second kappa shape index (κ2) is 10.9. The van der Waals surface area contributed by atoms with Crippen molar-refractivity contribution in [1.82, 2.24) is 15.3 Å². The number of carbonyl (C=O) groups excluding carboxylic acids is 2. The van der Waals surface area contributed by atoms with Crippen LogP contribution in [0.15, 0.2) is 47.7 Å². The highest BCUT2D eigenvalue weighted by Crippen LogP contribution is 2.28. The molecule has 0 aliphatic carbocycles. The third kappa shape index (κ3) is 6.02. The van der Waals surface area contributed by atoms with E-state index in [-0.39, 0.29) is 18.2 Å². The highest BCUT2D eigenvalue weighted by molar-refractivity contribution is 5.93. The standard InChI is InChI=1S/C21H24N4O5/c1-2-29-19-13-16(14-23-24-21(27)17-5-3-4-8-22-17)6-7-18(19)30-15-20(26)25-9-11-28-12-10-25/h3-8,13-14H,2,9-12,15H2,1H3,(H,24,27)/b23-14-. The summed E-state index contributed by atoms with van der Waals surface area (Å²) in [6, 6.07) is 10.2.